The number of fused-ring (bicyclic) bond motifs is 10. The van der Waals surface area contributed by atoms with Gasteiger partial charge in [0, 0.05) is 56.2 Å². The van der Waals surface area contributed by atoms with Crippen LogP contribution in [0.15, 0.2) is 95.2 Å². The van der Waals surface area contributed by atoms with Crippen molar-refractivity contribution in [2.75, 3.05) is 13.1 Å². The summed E-state index contributed by atoms with van der Waals surface area (Å²) >= 11 is -0.948. The second-order valence-electron chi connectivity index (χ2n) is 12.7. The molecule has 2 aliphatic carbocycles. The Kier molecular flexibility index (Phi) is 9.27. The Bertz CT molecular complexity index is 2000. The molecular formula is C36H33F2N6O2S2+. The maximum atomic E-state index is 13.9. The lowest BCUT2D eigenvalue weighted by atomic mass is 9.87. The van der Waals surface area contributed by atoms with E-state index in [2.05, 4.69) is 44.3 Å². The first-order valence-corrected chi connectivity index (χ1v) is 18.5. The van der Waals surface area contributed by atoms with Crippen molar-refractivity contribution < 1.29 is 17.5 Å². The van der Waals surface area contributed by atoms with E-state index in [-0.39, 0.29) is 57.6 Å². The molecule has 244 valence electrons. The first-order valence-electron chi connectivity index (χ1n) is 15.9. The molecule has 1 N–H and O–H groups in total. The van der Waals surface area contributed by atoms with Crippen LogP contribution in [0.4, 0.5) is 8.78 Å². The predicted octanol–water partition coefficient (Wildman–Crippen LogP) is 9.11. The van der Waals surface area contributed by atoms with Gasteiger partial charge in [0.1, 0.15) is 11.6 Å². The number of nitrogens with zero attached hydrogens (tertiary/aromatic N) is 6. The Morgan fingerprint density at radius 3 is 1.92 bits per heavy atom. The number of hydrogen-bond donors (Lipinski definition) is 1. The van der Waals surface area contributed by atoms with E-state index in [0.717, 1.165) is 41.5 Å². The summed E-state index contributed by atoms with van der Waals surface area (Å²) in [6, 6.07) is 26.2. The van der Waals surface area contributed by atoms with Crippen molar-refractivity contribution in [3.05, 3.63) is 162 Å². The van der Waals surface area contributed by atoms with Crippen LogP contribution in [0.25, 0.3) is 20.9 Å². The van der Waals surface area contributed by atoms with Crippen molar-refractivity contribution in [1.82, 2.24) is 0 Å². The molecule has 2 saturated heterocycles. The van der Waals surface area contributed by atoms with Gasteiger partial charge in [-0.05, 0) is 93.5 Å². The van der Waals surface area contributed by atoms with Gasteiger partial charge in [0.05, 0.1) is 11.8 Å². The Balaban J connectivity index is 0.000000152. The molecule has 0 aromatic heterocycles. The summed E-state index contributed by atoms with van der Waals surface area (Å²) in [4.78, 5) is 5.63. The lowest BCUT2D eigenvalue weighted by molar-refractivity contribution is 0.608. The zero-order valence-electron chi connectivity index (χ0n) is 25.9. The predicted molar refractivity (Wildman–Crippen MR) is 185 cm³/mol. The minimum atomic E-state index is -1.20. The average molecular weight is 684 g/mol. The van der Waals surface area contributed by atoms with Gasteiger partial charge in [-0.1, -0.05) is 70.9 Å². The van der Waals surface area contributed by atoms with Crippen LogP contribution < -0.4 is 0 Å². The summed E-state index contributed by atoms with van der Waals surface area (Å²) in [7, 11) is -1.20. The van der Waals surface area contributed by atoms with Crippen LogP contribution >= 0.6 is 0 Å². The molecule has 2 heterocycles. The van der Waals surface area contributed by atoms with Crippen LogP contribution in [-0.2, 0) is 34.8 Å². The van der Waals surface area contributed by atoms with Gasteiger partial charge in [0.2, 0.25) is 0 Å². The lowest BCUT2D eigenvalue weighted by Crippen LogP contribution is -2.21. The summed E-state index contributed by atoms with van der Waals surface area (Å²) in [5.41, 5.74) is 25.9. The molecule has 12 heteroatoms. The summed E-state index contributed by atoms with van der Waals surface area (Å²) in [5, 5.41) is 6.68. The zero-order valence-corrected chi connectivity index (χ0v) is 27.5. The molecule has 0 amide bonds. The molecule has 8 nitrogen and oxygen atoms in total. The van der Waals surface area contributed by atoms with E-state index in [1.807, 2.05) is 36.4 Å². The quantitative estimate of drug-likeness (QED) is 0.0994. The van der Waals surface area contributed by atoms with E-state index in [9.17, 15) is 17.5 Å². The van der Waals surface area contributed by atoms with Gasteiger partial charge < -0.3 is 0 Å². The second kappa shape index (κ2) is 13.7. The standard InChI is InChI=1S/C18H17FN3OS.C18H16FN3OS/c2*19-13-6-5-12-7-11-3-1-2-4-15(11)17-9-14(10-21-22-20)24(23)18(17)16(12)8-13/h1-6,8,14,17-18,23H,7,9-10H2;1-6,8,14,17-18H,7,9-10H2/q+1;/t14-,17-,18-,24?;14-,17-,18-,24-/m11/s1. The summed E-state index contributed by atoms with van der Waals surface area (Å²) in [6.45, 7) is 0.513. The highest BCUT2D eigenvalue weighted by atomic mass is 32.2. The van der Waals surface area contributed by atoms with Crippen LogP contribution in [0.3, 0.4) is 0 Å². The number of benzene rings is 4. The largest absolute Gasteiger partial charge is 0.259 e. The first kappa shape index (κ1) is 32.4. The Morgan fingerprint density at radius 1 is 0.729 bits per heavy atom. The van der Waals surface area contributed by atoms with Gasteiger partial charge >= 0.3 is 0 Å². The zero-order chi connectivity index (χ0) is 33.4. The molecule has 4 aromatic carbocycles. The molecule has 1 unspecified atom stereocenters. The Hall–Kier alpha value is -4.18. The molecule has 0 radical (unpaired) electrons. The van der Waals surface area contributed by atoms with E-state index < -0.39 is 22.0 Å². The third-order valence-corrected chi connectivity index (χ3v) is 14.4. The molecule has 2 aliphatic heterocycles. The SMILES string of the molecule is [N-]=[N+]=NC[C@H]1C[C@@H]2c3ccccc3Cc3ccc(F)cc3[C@H]2[S+]1O.[N-]=[N+]=NC[C@H]1C[C@@H]2c3ccccc3Cc3ccc(F)cc3[C@H]2[S@@]1=O. The van der Waals surface area contributed by atoms with Crippen molar-refractivity contribution in [2.24, 2.45) is 10.2 Å². The fourth-order valence-corrected chi connectivity index (χ4v) is 12.3. The molecule has 2 fully saturated rings. The number of hydrogen-bond acceptors (Lipinski definition) is 4. The Morgan fingerprint density at radius 2 is 1.27 bits per heavy atom. The van der Waals surface area contributed by atoms with Crippen molar-refractivity contribution >= 4 is 22.0 Å². The summed E-state index contributed by atoms with van der Waals surface area (Å²) in [5.74, 6) is -0.358. The van der Waals surface area contributed by atoms with Gasteiger partial charge in [0.25, 0.3) is 0 Å². The highest BCUT2D eigenvalue weighted by molar-refractivity contribution is 7.92. The molecule has 8 atom stereocenters. The van der Waals surface area contributed by atoms with Crippen molar-refractivity contribution in [2.45, 2.75) is 58.5 Å². The number of rotatable bonds is 4. The third-order valence-electron chi connectivity index (χ3n) is 10.1. The van der Waals surface area contributed by atoms with Gasteiger partial charge in [-0.25, -0.2) is 8.78 Å². The van der Waals surface area contributed by atoms with Gasteiger partial charge in [0.15, 0.2) is 21.7 Å². The van der Waals surface area contributed by atoms with Crippen molar-refractivity contribution in [3.8, 4) is 0 Å². The maximum absolute atomic E-state index is 13.9. The smallest absolute Gasteiger partial charge is 0.183 e. The molecule has 0 bridgehead atoms. The normalized spacial score (nSPS) is 27.4. The van der Waals surface area contributed by atoms with Crippen molar-refractivity contribution in [3.63, 3.8) is 0 Å². The Labute approximate surface area is 282 Å². The number of azide groups is 2. The molecule has 0 spiro atoms. The van der Waals surface area contributed by atoms with Gasteiger partial charge in [-0.2, -0.15) is 4.55 Å². The van der Waals surface area contributed by atoms with Crippen LogP contribution in [0.2, 0.25) is 0 Å². The van der Waals surface area contributed by atoms with E-state index in [0.29, 0.717) is 6.42 Å². The third kappa shape index (κ3) is 5.99. The highest BCUT2D eigenvalue weighted by Gasteiger charge is 2.55. The topological polar surface area (TPSA) is 135 Å². The van der Waals surface area contributed by atoms with E-state index in [1.54, 1.807) is 6.07 Å². The van der Waals surface area contributed by atoms with Crippen molar-refractivity contribution in [1.29, 1.82) is 0 Å². The molecule has 48 heavy (non-hydrogen) atoms. The van der Waals surface area contributed by atoms with E-state index >= 15 is 0 Å². The molecule has 8 rings (SSSR count). The number of halogens is 2. The van der Waals surface area contributed by atoms with Gasteiger partial charge in [-0.3, -0.25) is 4.21 Å². The highest BCUT2D eigenvalue weighted by Crippen LogP contribution is 2.53. The minimum absolute atomic E-state index is 0.0711. The van der Waals surface area contributed by atoms with Crippen LogP contribution in [-0.4, -0.2) is 32.4 Å². The molecule has 0 saturated carbocycles. The molecule has 4 aliphatic rings. The first-order chi connectivity index (χ1) is 23.4. The average Bonchev–Trinajstić information content (AvgIpc) is 3.50. The van der Waals surface area contributed by atoms with Crippen LogP contribution in [0, 0.1) is 11.6 Å². The van der Waals surface area contributed by atoms with Gasteiger partial charge in [-0.15, -0.1) is 0 Å². The summed E-state index contributed by atoms with van der Waals surface area (Å²) < 4.78 is 51.8. The van der Waals surface area contributed by atoms with E-state index in [1.165, 1.54) is 40.5 Å². The lowest BCUT2D eigenvalue weighted by Gasteiger charge is -2.19. The fourth-order valence-electron chi connectivity index (χ4n) is 8.08. The van der Waals surface area contributed by atoms with Crippen LogP contribution in [0.1, 0.15) is 79.7 Å². The molecule has 4 aromatic rings. The fraction of sp³-hybridized carbons (Fsp3) is 0.333. The summed E-state index contributed by atoms with van der Waals surface area (Å²) in [6.07, 6.45) is 2.95. The van der Waals surface area contributed by atoms with Crippen LogP contribution in [0.5, 0.6) is 0 Å². The second-order valence-corrected chi connectivity index (χ2v) is 16.4. The monoisotopic (exact) mass is 683 g/mol. The molecular weight excluding hydrogens is 651 g/mol. The maximum Gasteiger partial charge on any atom is 0.183 e. The van der Waals surface area contributed by atoms with E-state index in [4.69, 9.17) is 11.1 Å². The minimum Gasteiger partial charge on any atom is -0.259 e.